The van der Waals surface area contributed by atoms with Crippen molar-refractivity contribution in [1.29, 1.82) is 0 Å². The van der Waals surface area contributed by atoms with Crippen molar-refractivity contribution in [2.75, 3.05) is 0 Å². The summed E-state index contributed by atoms with van der Waals surface area (Å²) in [4.78, 5) is 13.3. The minimum absolute atomic E-state index is 0.0489. The predicted octanol–water partition coefficient (Wildman–Crippen LogP) is 8.26. The summed E-state index contributed by atoms with van der Waals surface area (Å²) < 4.78 is 1.84. The smallest absolute Gasteiger partial charge is 0.240 e. The van der Waals surface area contributed by atoms with Crippen LogP contribution < -0.4 is 4.74 Å². The third-order valence-corrected chi connectivity index (χ3v) is 8.65. The fraction of sp³-hybridized carbons (Fsp3) is 0.129. The first kappa shape index (κ1) is 22.3. The zero-order valence-corrected chi connectivity index (χ0v) is 21.4. The zero-order valence-electron chi connectivity index (χ0n) is 18.9. The summed E-state index contributed by atoms with van der Waals surface area (Å²) in [5.74, 6) is 0.268. The molecule has 1 aliphatic rings. The van der Waals surface area contributed by atoms with Crippen LogP contribution in [0.3, 0.4) is 0 Å². The van der Waals surface area contributed by atoms with Gasteiger partial charge < -0.3 is 5.11 Å². The molecule has 35 heavy (non-hydrogen) atoms. The van der Waals surface area contributed by atoms with E-state index in [-0.39, 0.29) is 22.3 Å². The Bertz CT molecular complexity index is 1590. The maximum Gasteiger partial charge on any atom is 0.240 e. The minimum atomic E-state index is -0.135. The first-order valence-electron chi connectivity index (χ1n) is 11.8. The Morgan fingerprint density at radius 3 is 2.23 bits per heavy atom. The van der Waals surface area contributed by atoms with Gasteiger partial charge in [-0.25, -0.2) is 0 Å². The lowest BCUT2D eigenvalue weighted by atomic mass is 9.72. The molecule has 5 aromatic rings. The molecule has 1 aromatic heterocycles. The lowest BCUT2D eigenvalue weighted by Gasteiger charge is -2.32. The number of fused-ring (bicyclic) bond motifs is 2. The number of halogens is 1. The number of hydrogen-bond acceptors (Lipinski definition) is 3. The van der Waals surface area contributed by atoms with Gasteiger partial charge in [-0.1, -0.05) is 100 Å². The summed E-state index contributed by atoms with van der Waals surface area (Å²) in [5.41, 5.74) is 6.59. The topological polar surface area (TPSA) is 37.3 Å². The second kappa shape index (κ2) is 9.10. The minimum Gasteiger partial charge on any atom is -0.507 e. The molecule has 0 aliphatic heterocycles. The third-order valence-electron chi connectivity index (χ3n) is 7.15. The van der Waals surface area contributed by atoms with E-state index in [1.165, 1.54) is 33.6 Å². The molecule has 2 nitrogen and oxygen atoms in total. The summed E-state index contributed by atoms with van der Waals surface area (Å²) in [6.07, 6.45) is 1.72. The van der Waals surface area contributed by atoms with Crippen molar-refractivity contribution in [3.8, 4) is 16.9 Å². The van der Waals surface area contributed by atoms with E-state index in [2.05, 4.69) is 82.7 Å². The molecule has 4 heteroatoms. The molecule has 1 heterocycles. The molecule has 0 fully saturated rings. The number of benzene rings is 4. The van der Waals surface area contributed by atoms with Gasteiger partial charge in [-0.05, 0) is 70.8 Å². The standard InChI is InChI=1S/C31H23BrO2S/c32-24-15-13-20(14-16-24)19-9-11-21(12-10-19)23-17-22-5-1-2-6-25(22)27(18-23)29-30(33)26-7-3-4-8-28(26)35-31(29)34/h1-16,23,27,33H,17-18H2. The molecule has 0 saturated carbocycles. The highest BCUT2D eigenvalue weighted by Gasteiger charge is 2.32. The second-order valence-corrected chi connectivity index (χ2v) is 11.1. The summed E-state index contributed by atoms with van der Waals surface area (Å²) in [7, 11) is 0. The van der Waals surface area contributed by atoms with E-state index >= 15 is 0 Å². The van der Waals surface area contributed by atoms with Crippen molar-refractivity contribution in [2.24, 2.45) is 0 Å². The van der Waals surface area contributed by atoms with Gasteiger partial charge in [0.2, 0.25) is 4.74 Å². The Hall–Kier alpha value is -3.21. The van der Waals surface area contributed by atoms with Crippen LogP contribution in [-0.2, 0) is 6.42 Å². The predicted molar refractivity (Wildman–Crippen MR) is 149 cm³/mol. The van der Waals surface area contributed by atoms with E-state index in [4.69, 9.17) is 0 Å². The largest absolute Gasteiger partial charge is 0.507 e. The highest BCUT2D eigenvalue weighted by Crippen LogP contribution is 2.46. The SMILES string of the molecule is O=c1sc2ccccc2c(O)c1C1CC(c2ccc(-c3ccc(Br)cc3)cc2)Cc2ccccc21. The average molecular weight is 539 g/mol. The summed E-state index contributed by atoms with van der Waals surface area (Å²) >= 11 is 4.73. The quantitative estimate of drug-likeness (QED) is 0.251. The molecular weight excluding hydrogens is 516 g/mol. The molecule has 0 spiro atoms. The molecule has 2 atom stereocenters. The van der Waals surface area contributed by atoms with Crippen molar-refractivity contribution >= 4 is 37.4 Å². The molecule has 172 valence electrons. The monoisotopic (exact) mass is 538 g/mol. The van der Waals surface area contributed by atoms with E-state index in [1.54, 1.807) is 0 Å². The van der Waals surface area contributed by atoms with Crippen LogP contribution in [0.1, 0.15) is 40.5 Å². The van der Waals surface area contributed by atoms with Crippen LogP contribution in [0.2, 0.25) is 0 Å². The van der Waals surface area contributed by atoms with E-state index in [1.807, 2.05) is 30.3 Å². The van der Waals surface area contributed by atoms with Gasteiger partial charge in [-0.15, -0.1) is 0 Å². The van der Waals surface area contributed by atoms with Crippen LogP contribution in [0, 0.1) is 0 Å². The van der Waals surface area contributed by atoms with Crippen molar-refractivity contribution in [2.45, 2.75) is 24.7 Å². The lowest BCUT2D eigenvalue weighted by molar-refractivity contribution is 0.458. The van der Waals surface area contributed by atoms with E-state index in [0.717, 1.165) is 33.0 Å². The Balaban J connectivity index is 1.41. The van der Waals surface area contributed by atoms with Crippen molar-refractivity contribution in [3.05, 3.63) is 133 Å². The van der Waals surface area contributed by atoms with Gasteiger partial charge in [0.25, 0.3) is 0 Å². The lowest BCUT2D eigenvalue weighted by Crippen LogP contribution is -2.22. The molecule has 0 saturated heterocycles. The van der Waals surface area contributed by atoms with Crippen LogP contribution >= 0.6 is 27.3 Å². The third kappa shape index (κ3) is 4.11. The average Bonchev–Trinajstić information content (AvgIpc) is 2.89. The Labute approximate surface area is 216 Å². The maximum atomic E-state index is 13.3. The molecule has 1 N–H and O–H groups in total. The Morgan fingerprint density at radius 1 is 0.800 bits per heavy atom. The molecule has 2 unspecified atom stereocenters. The molecule has 6 rings (SSSR count). The molecule has 0 radical (unpaired) electrons. The van der Waals surface area contributed by atoms with Gasteiger partial charge in [0, 0.05) is 20.5 Å². The fourth-order valence-electron chi connectivity index (χ4n) is 5.39. The number of hydrogen-bond donors (Lipinski definition) is 1. The van der Waals surface area contributed by atoms with Crippen LogP contribution in [0.25, 0.3) is 21.2 Å². The van der Waals surface area contributed by atoms with E-state index in [0.29, 0.717) is 5.56 Å². The van der Waals surface area contributed by atoms with E-state index < -0.39 is 0 Å². The highest BCUT2D eigenvalue weighted by molar-refractivity contribution is 9.10. The van der Waals surface area contributed by atoms with Gasteiger partial charge >= 0.3 is 0 Å². The number of rotatable bonds is 3. The zero-order chi connectivity index (χ0) is 23.9. The van der Waals surface area contributed by atoms with Gasteiger partial charge in [-0.3, -0.25) is 4.79 Å². The molecule has 4 aromatic carbocycles. The first-order valence-corrected chi connectivity index (χ1v) is 13.4. The van der Waals surface area contributed by atoms with Crippen LogP contribution in [0.4, 0.5) is 0 Å². The molecule has 1 aliphatic carbocycles. The van der Waals surface area contributed by atoms with Gasteiger partial charge in [0.1, 0.15) is 5.75 Å². The van der Waals surface area contributed by atoms with Gasteiger partial charge in [-0.2, -0.15) is 0 Å². The van der Waals surface area contributed by atoms with Crippen LogP contribution in [0.5, 0.6) is 5.75 Å². The summed E-state index contributed by atoms with van der Waals surface area (Å²) in [6.45, 7) is 0. The normalized spacial score (nSPS) is 17.3. The summed E-state index contributed by atoms with van der Waals surface area (Å²) in [6, 6.07) is 33.1. The number of aromatic hydroxyl groups is 1. The summed E-state index contributed by atoms with van der Waals surface area (Å²) in [5, 5.41) is 12.0. The first-order chi connectivity index (χ1) is 17.1. The fourth-order valence-corrected chi connectivity index (χ4v) is 6.63. The van der Waals surface area contributed by atoms with E-state index in [9.17, 15) is 9.90 Å². The van der Waals surface area contributed by atoms with Gasteiger partial charge in [0.15, 0.2) is 0 Å². The Kier molecular flexibility index (Phi) is 5.79. The van der Waals surface area contributed by atoms with Crippen molar-refractivity contribution < 1.29 is 5.11 Å². The van der Waals surface area contributed by atoms with Crippen molar-refractivity contribution in [1.82, 2.24) is 0 Å². The molecule has 0 amide bonds. The second-order valence-electron chi connectivity index (χ2n) is 9.17. The highest BCUT2D eigenvalue weighted by atomic mass is 79.9. The van der Waals surface area contributed by atoms with Crippen LogP contribution in [-0.4, -0.2) is 5.11 Å². The maximum absolute atomic E-state index is 13.3. The van der Waals surface area contributed by atoms with Crippen LogP contribution in [0.15, 0.2) is 106 Å². The molecule has 0 bridgehead atoms. The van der Waals surface area contributed by atoms with Crippen molar-refractivity contribution in [3.63, 3.8) is 0 Å². The van der Waals surface area contributed by atoms with Gasteiger partial charge in [0.05, 0.1) is 5.56 Å². The Morgan fingerprint density at radius 2 is 1.46 bits per heavy atom. The molecular formula is C31H23BrO2S.